The summed E-state index contributed by atoms with van der Waals surface area (Å²) in [6.07, 6.45) is 3.99. The van der Waals surface area contributed by atoms with Gasteiger partial charge >= 0.3 is 5.97 Å². The summed E-state index contributed by atoms with van der Waals surface area (Å²) in [4.78, 5) is 20.8. The van der Waals surface area contributed by atoms with Crippen LogP contribution in [0.1, 0.15) is 45.4 Å². The number of methoxy groups -OCH3 is 1. The lowest BCUT2D eigenvalue weighted by Crippen LogP contribution is -2.00. The SMILES string of the molecule is COC(=O)CCCC(C)=O.O.OCCCCCO. The molecule has 6 nitrogen and oxygen atoms in total. The molecule has 0 saturated heterocycles. The van der Waals surface area contributed by atoms with Crippen molar-refractivity contribution in [3.8, 4) is 0 Å². The van der Waals surface area contributed by atoms with Crippen molar-refractivity contribution in [2.24, 2.45) is 0 Å². The van der Waals surface area contributed by atoms with Crippen LogP contribution in [0.25, 0.3) is 0 Å². The molecule has 0 aromatic rings. The second-order valence-corrected chi connectivity index (χ2v) is 3.64. The van der Waals surface area contributed by atoms with Crippen molar-refractivity contribution in [1.82, 2.24) is 0 Å². The summed E-state index contributed by atoms with van der Waals surface area (Å²) in [5.41, 5.74) is 0. The Morgan fingerprint density at radius 2 is 1.44 bits per heavy atom. The summed E-state index contributed by atoms with van der Waals surface area (Å²) in [6, 6.07) is 0. The van der Waals surface area contributed by atoms with Gasteiger partial charge in [0.2, 0.25) is 0 Å². The standard InChI is InChI=1S/C7H12O3.C5H12O2.H2O/c1-6(8)4-3-5-7(9)10-2;6-4-2-1-3-5-7;/h3-5H2,1-2H3;6-7H,1-5H2;1H2. The lowest BCUT2D eigenvalue weighted by atomic mass is 10.2. The molecule has 0 heterocycles. The van der Waals surface area contributed by atoms with Gasteiger partial charge in [-0.15, -0.1) is 0 Å². The van der Waals surface area contributed by atoms with E-state index in [-0.39, 0.29) is 30.4 Å². The van der Waals surface area contributed by atoms with Gasteiger partial charge in [0.25, 0.3) is 0 Å². The average Bonchev–Trinajstić information content (AvgIpc) is 2.30. The Bertz CT molecular complexity index is 189. The van der Waals surface area contributed by atoms with Crippen molar-refractivity contribution in [2.75, 3.05) is 20.3 Å². The molecule has 0 fully saturated rings. The van der Waals surface area contributed by atoms with Crippen molar-refractivity contribution >= 4 is 11.8 Å². The molecule has 0 radical (unpaired) electrons. The van der Waals surface area contributed by atoms with E-state index in [0.29, 0.717) is 19.3 Å². The van der Waals surface area contributed by atoms with E-state index in [0.717, 1.165) is 19.3 Å². The fraction of sp³-hybridized carbons (Fsp3) is 0.833. The van der Waals surface area contributed by atoms with Crippen LogP contribution in [-0.2, 0) is 14.3 Å². The van der Waals surface area contributed by atoms with Gasteiger partial charge in [-0.3, -0.25) is 4.79 Å². The van der Waals surface area contributed by atoms with E-state index in [2.05, 4.69) is 4.74 Å². The van der Waals surface area contributed by atoms with E-state index in [1.165, 1.54) is 14.0 Å². The molecule has 110 valence electrons. The fourth-order valence-electron chi connectivity index (χ4n) is 0.984. The molecule has 0 aromatic heterocycles. The minimum Gasteiger partial charge on any atom is -0.469 e. The molecule has 0 aliphatic carbocycles. The highest BCUT2D eigenvalue weighted by molar-refractivity contribution is 5.76. The average molecular weight is 266 g/mol. The van der Waals surface area contributed by atoms with Gasteiger partial charge in [0, 0.05) is 26.1 Å². The molecule has 0 amide bonds. The number of rotatable bonds is 8. The third kappa shape index (κ3) is 24.3. The molecule has 0 rings (SSSR count). The lowest BCUT2D eigenvalue weighted by Gasteiger charge is -1.95. The maximum Gasteiger partial charge on any atom is 0.305 e. The number of ketones is 1. The van der Waals surface area contributed by atoms with Gasteiger partial charge in [0.05, 0.1) is 7.11 Å². The van der Waals surface area contributed by atoms with Gasteiger partial charge in [0.15, 0.2) is 0 Å². The summed E-state index contributed by atoms with van der Waals surface area (Å²) < 4.78 is 4.38. The van der Waals surface area contributed by atoms with Crippen LogP contribution in [0.3, 0.4) is 0 Å². The Kier molecular flexibility index (Phi) is 22.7. The van der Waals surface area contributed by atoms with E-state index in [1.54, 1.807) is 0 Å². The highest BCUT2D eigenvalue weighted by atomic mass is 16.5. The molecule has 0 saturated carbocycles. The maximum atomic E-state index is 10.5. The number of esters is 1. The van der Waals surface area contributed by atoms with Crippen molar-refractivity contribution < 1.29 is 30.0 Å². The van der Waals surface area contributed by atoms with Gasteiger partial charge in [-0.05, 0) is 32.6 Å². The number of Topliss-reactive ketones (excluding diaryl/α,β-unsaturated/α-hetero) is 1. The predicted octanol–water partition coefficient (Wildman–Crippen LogP) is 0.235. The highest BCUT2D eigenvalue weighted by Gasteiger charge is 2.00. The van der Waals surface area contributed by atoms with E-state index in [1.807, 2.05) is 0 Å². The zero-order valence-corrected chi connectivity index (χ0v) is 11.3. The van der Waals surface area contributed by atoms with Crippen LogP contribution >= 0.6 is 0 Å². The number of aliphatic hydroxyl groups excluding tert-OH is 2. The van der Waals surface area contributed by atoms with E-state index >= 15 is 0 Å². The molecule has 4 N–H and O–H groups in total. The molecule has 0 aliphatic heterocycles. The van der Waals surface area contributed by atoms with E-state index in [4.69, 9.17) is 10.2 Å². The van der Waals surface area contributed by atoms with Crippen molar-refractivity contribution in [2.45, 2.75) is 45.4 Å². The predicted molar refractivity (Wildman–Crippen MR) is 68.2 cm³/mol. The first-order valence-electron chi connectivity index (χ1n) is 5.86. The third-order valence-corrected chi connectivity index (χ3v) is 1.95. The molecule has 6 heteroatoms. The number of aliphatic hydroxyl groups is 2. The second kappa shape index (κ2) is 18.4. The number of carbonyl (C=O) groups is 2. The van der Waals surface area contributed by atoms with E-state index < -0.39 is 0 Å². The molecule has 0 aliphatic rings. The topological polar surface area (TPSA) is 115 Å². The van der Waals surface area contributed by atoms with Crippen LogP contribution in [0.5, 0.6) is 0 Å². The first-order chi connectivity index (χ1) is 8.08. The molecule has 0 unspecified atom stereocenters. The Balaban J connectivity index is -0.000000251. The van der Waals surface area contributed by atoms with Crippen molar-refractivity contribution in [3.63, 3.8) is 0 Å². The third-order valence-electron chi connectivity index (χ3n) is 1.95. The molecule has 18 heavy (non-hydrogen) atoms. The number of hydrogen-bond acceptors (Lipinski definition) is 5. The van der Waals surface area contributed by atoms with Crippen LogP contribution in [0.2, 0.25) is 0 Å². The largest absolute Gasteiger partial charge is 0.469 e. The molecule has 0 spiro atoms. The summed E-state index contributed by atoms with van der Waals surface area (Å²) in [5.74, 6) is -0.134. The van der Waals surface area contributed by atoms with Crippen LogP contribution in [0.15, 0.2) is 0 Å². The van der Waals surface area contributed by atoms with Gasteiger partial charge < -0.3 is 25.2 Å². The minimum atomic E-state index is -0.249. The Hall–Kier alpha value is -0.980. The molecular formula is C12H26O6. The Morgan fingerprint density at radius 1 is 0.944 bits per heavy atom. The smallest absolute Gasteiger partial charge is 0.305 e. The van der Waals surface area contributed by atoms with Gasteiger partial charge in [0.1, 0.15) is 5.78 Å². The van der Waals surface area contributed by atoms with Crippen molar-refractivity contribution in [3.05, 3.63) is 0 Å². The normalized spacial score (nSPS) is 8.67. The van der Waals surface area contributed by atoms with Crippen LogP contribution in [0, 0.1) is 0 Å². The minimum absolute atomic E-state index is 0. The quantitative estimate of drug-likeness (QED) is 0.482. The van der Waals surface area contributed by atoms with Crippen molar-refractivity contribution in [1.29, 1.82) is 0 Å². The van der Waals surface area contributed by atoms with Gasteiger partial charge in [-0.1, -0.05) is 0 Å². The fourth-order valence-corrected chi connectivity index (χ4v) is 0.984. The van der Waals surface area contributed by atoms with Gasteiger partial charge in [-0.25, -0.2) is 0 Å². The number of unbranched alkanes of at least 4 members (excludes halogenated alkanes) is 2. The maximum absolute atomic E-state index is 10.5. The zero-order chi connectivity index (χ0) is 13.5. The molecule has 0 atom stereocenters. The van der Waals surface area contributed by atoms with Crippen LogP contribution in [-0.4, -0.2) is 47.8 Å². The van der Waals surface area contributed by atoms with Crippen LogP contribution < -0.4 is 0 Å². The molecular weight excluding hydrogens is 240 g/mol. The highest BCUT2D eigenvalue weighted by Crippen LogP contribution is 1.96. The molecule has 0 aromatic carbocycles. The first-order valence-corrected chi connectivity index (χ1v) is 5.86. The number of hydrogen-bond donors (Lipinski definition) is 2. The zero-order valence-electron chi connectivity index (χ0n) is 11.3. The van der Waals surface area contributed by atoms with Crippen LogP contribution in [0.4, 0.5) is 0 Å². The number of carbonyl (C=O) groups excluding carboxylic acids is 2. The molecule has 0 bridgehead atoms. The monoisotopic (exact) mass is 266 g/mol. The van der Waals surface area contributed by atoms with E-state index in [9.17, 15) is 9.59 Å². The summed E-state index contributed by atoms with van der Waals surface area (Å²) in [6.45, 7) is 2.01. The summed E-state index contributed by atoms with van der Waals surface area (Å²) >= 11 is 0. The van der Waals surface area contributed by atoms with Gasteiger partial charge in [-0.2, -0.15) is 0 Å². The Morgan fingerprint density at radius 3 is 1.78 bits per heavy atom. The second-order valence-electron chi connectivity index (χ2n) is 3.64. The summed E-state index contributed by atoms with van der Waals surface area (Å²) in [7, 11) is 1.34. The summed E-state index contributed by atoms with van der Waals surface area (Å²) in [5, 5.41) is 16.4. The lowest BCUT2D eigenvalue weighted by molar-refractivity contribution is -0.140. The number of ether oxygens (including phenoxy) is 1. The first kappa shape index (κ1) is 22.2. The Labute approximate surface area is 108 Å².